The number of carbonyl (C=O) groups is 2. The van der Waals surface area contributed by atoms with Gasteiger partial charge in [0.25, 0.3) is 5.91 Å². The number of rotatable bonds is 5. The van der Waals surface area contributed by atoms with Crippen LogP contribution in [0.1, 0.15) is 47.7 Å². The van der Waals surface area contributed by atoms with E-state index in [1.54, 1.807) is 49.1 Å². The first-order chi connectivity index (χ1) is 13.2. The molecule has 0 aliphatic carbocycles. The summed E-state index contributed by atoms with van der Waals surface area (Å²) in [5, 5.41) is 10.0. The van der Waals surface area contributed by atoms with Crippen molar-refractivity contribution in [2.45, 2.75) is 38.7 Å². The number of aryl methyl sites for hydroxylation is 1. The minimum atomic E-state index is -1.04. The van der Waals surface area contributed by atoms with Crippen LogP contribution in [0.4, 0.5) is 0 Å². The SMILES string of the molecule is Cc1cc(Cl)ccc1OC(C)(C)C(=O)N1CCC(c2ccccc2C(=O)O)C1. The van der Waals surface area contributed by atoms with E-state index in [2.05, 4.69) is 0 Å². The van der Waals surface area contributed by atoms with Gasteiger partial charge >= 0.3 is 5.97 Å². The fourth-order valence-electron chi connectivity index (χ4n) is 3.67. The summed E-state index contributed by atoms with van der Waals surface area (Å²) in [6.07, 6.45) is 0.728. The summed E-state index contributed by atoms with van der Waals surface area (Å²) in [6.45, 7) is 6.44. The van der Waals surface area contributed by atoms with Crippen LogP contribution in [0.15, 0.2) is 42.5 Å². The molecule has 28 heavy (non-hydrogen) atoms. The molecule has 1 aliphatic heterocycles. The third-order valence-corrected chi connectivity index (χ3v) is 5.36. The van der Waals surface area contributed by atoms with Crippen LogP contribution in [0.3, 0.4) is 0 Å². The van der Waals surface area contributed by atoms with E-state index in [1.807, 2.05) is 19.1 Å². The standard InChI is InChI=1S/C22H24ClNO4/c1-14-12-16(23)8-9-19(14)28-22(2,3)21(27)24-11-10-15(13-24)17-6-4-5-7-18(17)20(25)26/h4-9,12,15H,10-11,13H2,1-3H3,(H,25,26). The number of likely N-dealkylation sites (tertiary alicyclic amines) is 1. The van der Waals surface area contributed by atoms with Gasteiger partial charge in [-0.05, 0) is 62.6 Å². The van der Waals surface area contributed by atoms with Crippen molar-refractivity contribution in [2.24, 2.45) is 0 Å². The molecule has 148 valence electrons. The first kappa shape index (κ1) is 20.2. The zero-order valence-corrected chi connectivity index (χ0v) is 17.0. The summed E-state index contributed by atoms with van der Waals surface area (Å²) in [5.41, 5.74) is 0.898. The molecule has 3 rings (SSSR count). The predicted octanol–water partition coefficient (Wildman–Crippen LogP) is 4.52. The van der Waals surface area contributed by atoms with Crippen molar-refractivity contribution in [3.8, 4) is 5.75 Å². The Morgan fingerprint density at radius 2 is 1.93 bits per heavy atom. The van der Waals surface area contributed by atoms with Gasteiger partial charge in [-0.3, -0.25) is 4.79 Å². The molecule has 1 atom stereocenters. The Morgan fingerprint density at radius 1 is 1.21 bits per heavy atom. The highest BCUT2D eigenvalue weighted by atomic mass is 35.5. The van der Waals surface area contributed by atoms with Crippen LogP contribution in [0, 0.1) is 6.92 Å². The van der Waals surface area contributed by atoms with Crippen molar-refractivity contribution < 1.29 is 19.4 Å². The van der Waals surface area contributed by atoms with Crippen molar-refractivity contribution in [2.75, 3.05) is 13.1 Å². The molecule has 5 nitrogen and oxygen atoms in total. The lowest BCUT2D eigenvalue weighted by Crippen LogP contribution is -2.48. The van der Waals surface area contributed by atoms with Gasteiger partial charge in [0, 0.05) is 24.0 Å². The van der Waals surface area contributed by atoms with E-state index in [9.17, 15) is 14.7 Å². The number of amides is 1. The van der Waals surface area contributed by atoms with E-state index < -0.39 is 11.6 Å². The number of aromatic carboxylic acids is 1. The fourth-order valence-corrected chi connectivity index (χ4v) is 3.90. The molecular weight excluding hydrogens is 378 g/mol. The molecule has 0 aromatic heterocycles. The van der Waals surface area contributed by atoms with Gasteiger partial charge in [0.05, 0.1) is 5.56 Å². The molecule has 1 unspecified atom stereocenters. The zero-order valence-electron chi connectivity index (χ0n) is 16.2. The fraction of sp³-hybridized carbons (Fsp3) is 0.364. The van der Waals surface area contributed by atoms with Crippen molar-refractivity contribution in [1.82, 2.24) is 4.90 Å². The minimum Gasteiger partial charge on any atom is -0.478 e. The van der Waals surface area contributed by atoms with E-state index in [-0.39, 0.29) is 11.8 Å². The number of hydrogen-bond donors (Lipinski definition) is 1. The van der Waals surface area contributed by atoms with Gasteiger partial charge in [-0.25, -0.2) is 4.79 Å². The Morgan fingerprint density at radius 3 is 2.61 bits per heavy atom. The number of halogens is 1. The highest BCUT2D eigenvalue weighted by Gasteiger charge is 2.38. The highest BCUT2D eigenvalue weighted by molar-refractivity contribution is 6.30. The van der Waals surface area contributed by atoms with Gasteiger partial charge in [0.2, 0.25) is 0 Å². The summed E-state index contributed by atoms with van der Waals surface area (Å²) in [4.78, 5) is 26.4. The molecule has 1 N–H and O–H groups in total. The Bertz CT molecular complexity index is 909. The Labute approximate surface area is 169 Å². The van der Waals surface area contributed by atoms with Crippen molar-refractivity contribution in [3.63, 3.8) is 0 Å². The van der Waals surface area contributed by atoms with Crippen LogP contribution < -0.4 is 4.74 Å². The Hall–Kier alpha value is -2.53. The van der Waals surface area contributed by atoms with Gasteiger partial charge in [-0.1, -0.05) is 29.8 Å². The summed E-state index contributed by atoms with van der Waals surface area (Å²) >= 11 is 5.99. The average Bonchev–Trinajstić information content (AvgIpc) is 3.13. The lowest BCUT2D eigenvalue weighted by Gasteiger charge is -2.30. The van der Waals surface area contributed by atoms with E-state index in [0.29, 0.717) is 29.4 Å². The molecule has 0 bridgehead atoms. The minimum absolute atomic E-state index is 0.00400. The van der Waals surface area contributed by atoms with E-state index in [4.69, 9.17) is 16.3 Å². The lowest BCUT2D eigenvalue weighted by atomic mass is 9.93. The second kappa shape index (κ2) is 7.84. The average molecular weight is 402 g/mol. The van der Waals surface area contributed by atoms with E-state index in [0.717, 1.165) is 17.5 Å². The zero-order chi connectivity index (χ0) is 20.5. The number of nitrogens with zero attached hydrogens (tertiary/aromatic N) is 1. The quantitative estimate of drug-likeness (QED) is 0.799. The smallest absolute Gasteiger partial charge is 0.335 e. The van der Waals surface area contributed by atoms with Crippen LogP contribution >= 0.6 is 11.6 Å². The monoisotopic (exact) mass is 401 g/mol. The highest BCUT2D eigenvalue weighted by Crippen LogP contribution is 2.32. The second-order valence-corrected chi connectivity index (χ2v) is 8.09. The van der Waals surface area contributed by atoms with Gasteiger partial charge in [0.1, 0.15) is 5.75 Å². The third kappa shape index (κ3) is 4.14. The van der Waals surface area contributed by atoms with Crippen molar-refractivity contribution in [1.29, 1.82) is 0 Å². The largest absolute Gasteiger partial charge is 0.478 e. The lowest BCUT2D eigenvalue weighted by molar-refractivity contribution is -0.144. The third-order valence-electron chi connectivity index (χ3n) is 5.12. The van der Waals surface area contributed by atoms with E-state index >= 15 is 0 Å². The molecule has 2 aromatic carbocycles. The van der Waals surface area contributed by atoms with Crippen LogP contribution in [0.2, 0.25) is 5.02 Å². The van der Waals surface area contributed by atoms with Gasteiger partial charge in [-0.15, -0.1) is 0 Å². The summed E-state index contributed by atoms with van der Waals surface area (Å²) in [5.74, 6) is -0.432. The molecule has 1 fully saturated rings. The molecule has 0 saturated carbocycles. The molecule has 2 aromatic rings. The number of carboxylic acid groups (broad SMARTS) is 1. The summed E-state index contributed by atoms with van der Waals surface area (Å²) < 4.78 is 6.02. The van der Waals surface area contributed by atoms with E-state index in [1.165, 1.54) is 0 Å². The van der Waals surface area contributed by atoms with Crippen molar-refractivity contribution >= 4 is 23.5 Å². The summed E-state index contributed by atoms with van der Waals surface area (Å²) in [6, 6.07) is 12.3. The van der Waals surface area contributed by atoms with Crippen LogP contribution in [-0.2, 0) is 4.79 Å². The maximum absolute atomic E-state index is 13.1. The number of carboxylic acids is 1. The van der Waals surface area contributed by atoms with Crippen molar-refractivity contribution in [3.05, 3.63) is 64.2 Å². The molecule has 1 amide bonds. The topological polar surface area (TPSA) is 66.8 Å². The Kier molecular flexibility index (Phi) is 5.66. The van der Waals surface area contributed by atoms with Crippen LogP contribution in [0.5, 0.6) is 5.75 Å². The Balaban J connectivity index is 1.74. The van der Waals surface area contributed by atoms with Crippen LogP contribution in [-0.4, -0.2) is 40.6 Å². The first-order valence-electron chi connectivity index (χ1n) is 9.26. The molecule has 1 aliphatic rings. The normalized spacial score (nSPS) is 16.9. The van der Waals surface area contributed by atoms with Gasteiger partial charge < -0.3 is 14.7 Å². The second-order valence-electron chi connectivity index (χ2n) is 7.65. The molecule has 0 radical (unpaired) electrons. The molecule has 1 heterocycles. The van der Waals surface area contributed by atoms with Gasteiger partial charge in [0.15, 0.2) is 5.60 Å². The molecular formula is C22H24ClNO4. The maximum atomic E-state index is 13.1. The first-order valence-corrected chi connectivity index (χ1v) is 9.63. The predicted molar refractivity (Wildman–Crippen MR) is 108 cm³/mol. The number of hydrogen-bond acceptors (Lipinski definition) is 3. The molecule has 1 saturated heterocycles. The molecule has 0 spiro atoms. The van der Waals surface area contributed by atoms with Gasteiger partial charge in [-0.2, -0.15) is 0 Å². The number of carbonyl (C=O) groups excluding carboxylic acids is 1. The van der Waals surface area contributed by atoms with Crippen LogP contribution in [0.25, 0.3) is 0 Å². The number of ether oxygens (including phenoxy) is 1. The summed E-state index contributed by atoms with van der Waals surface area (Å²) in [7, 11) is 0. The maximum Gasteiger partial charge on any atom is 0.335 e. The number of benzene rings is 2. The molecule has 6 heteroatoms.